The summed E-state index contributed by atoms with van der Waals surface area (Å²) in [7, 11) is 0. The van der Waals surface area contributed by atoms with E-state index in [0.717, 1.165) is 82.0 Å². The molecule has 0 aromatic heterocycles. The van der Waals surface area contributed by atoms with E-state index in [9.17, 15) is 0 Å². The van der Waals surface area contributed by atoms with Gasteiger partial charge in [-0.2, -0.15) is 0 Å². The minimum absolute atomic E-state index is 0. The third-order valence-corrected chi connectivity index (χ3v) is 5.03. The summed E-state index contributed by atoms with van der Waals surface area (Å²) in [5.74, 6) is 2.54. The molecule has 2 N–H and O–H groups in total. The molecule has 2 aliphatic rings. The topological polar surface area (TPSA) is 64.1 Å². The SMILES string of the molecule is CCNC(=NCc1ccccc1OCC1CC1)NCCCOC1CCOCC1.I. The van der Waals surface area contributed by atoms with Crippen LogP contribution in [0, 0.1) is 5.92 Å². The van der Waals surface area contributed by atoms with E-state index in [2.05, 4.69) is 23.6 Å². The van der Waals surface area contributed by atoms with Crippen molar-refractivity contribution in [3.8, 4) is 5.75 Å². The highest BCUT2D eigenvalue weighted by Gasteiger charge is 2.22. The molecule has 1 heterocycles. The van der Waals surface area contributed by atoms with Gasteiger partial charge in [-0.3, -0.25) is 0 Å². The molecule has 0 amide bonds. The molecule has 1 aromatic rings. The predicted molar refractivity (Wildman–Crippen MR) is 127 cm³/mol. The average Bonchev–Trinajstić information content (AvgIpc) is 3.56. The second-order valence-corrected chi connectivity index (χ2v) is 7.52. The largest absolute Gasteiger partial charge is 0.493 e. The van der Waals surface area contributed by atoms with Crippen LogP contribution in [-0.4, -0.2) is 51.6 Å². The summed E-state index contributed by atoms with van der Waals surface area (Å²) >= 11 is 0. The van der Waals surface area contributed by atoms with Crippen molar-refractivity contribution in [1.29, 1.82) is 0 Å². The summed E-state index contributed by atoms with van der Waals surface area (Å²) in [6.07, 6.45) is 5.95. The first-order chi connectivity index (χ1) is 13.8. The Morgan fingerprint density at radius 1 is 1.14 bits per heavy atom. The second kappa shape index (κ2) is 14.0. The molecule has 0 bridgehead atoms. The van der Waals surface area contributed by atoms with Gasteiger partial charge in [0.05, 0.1) is 19.3 Å². The van der Waals surface area contributed by atoms with Crippen LogP contribution in [0.3, 0.4) is 0 Å². The molecule has 3 rings (SSSR count). The van der Waals surface area contributed by atoms with Crippen molar-refractivity contribution in [1.82, 2.24) is 10.6 Å². The van der Waals surface area contributed by atoms with Gasteiger partial charge in [-0.1, -0.05) is 18.2 Å². The Hall–Kier alpha value is -1.06. The fourth-order valence-electron chi connectivity index (χ4n) is 3.14. The fourth-order valence-corrected chi connectivity index (χ4v) is 3.14. The highest BCUT2D eigenvalue weighted by molar-refractivity contribution is 14.0. The molecule has 1 saturated heterocycles. The molecular formula is C22H36IN3O3. The molecule has 1 saturated carbocycles. The van der Waals surface area contributed by atoms with Gasteiger partial charge in [-0.25, -0.2) is 4.99 Å². The van der Waals surface area contributed by atoms with E-state index in [1.165, 1.54) is 12.8 Å². The van der Waals surface area contributed by atoms with Gasteiger partial charge in [0.2, 0.25) is 0 Å². The van der Waals surface area contributed by atoms with Crippen LogP contribution >= 0.6 is 24.0 Å². The lowest BCUT2D eigenvalue weighted by atomic mass is 10.1. The van der Waals surface area contributed by atoms with Gasteiger partial charge in [-0.05, 0) is 51.0 Å². The Balaban J connectivity index is 0.00000300. The third kappa shape index (κ3) is 9.53. The first-order valence-corrected chi connectivity index (χ1v) is 10.8. The average molecular weight is 517 g/mol. The van der Waals surface area contributed by atoms with Crippen LogP contribution in [0.5, 0.6) is 5.75 Å². The van der Waals surface area contributed by atoms with E-state index in [1.807, 2.05) is 18.2 Å². The van der Waals surface area contributed by atoms with Crippen LogP contribution in [0.4, 0.5) is 0 Å². The Labute approximate surface area is 192 Å². The van der Waals surface area contributed by atoms with Crippen LogP contribution in [-0.2, 0) is 16.0 Å². The van der Waals surface area contributed by atoms with Gasteiger partial charge in [0.15, 0.2) is 5.96 Å². The van der Waals surface area contributed by atoms with E-state index < -0.39 is 0 Å². The smallest absolute Gasteiger partial charge is 0.191 e. The molecule has 0 radical (unpaired) electrons. The molecule has 164 valence electrons. The molecule has 1 aliphatic heterocycles. The van der Waals surface area contributed by atoms with Crippen molar-refractivity contribution in [3.63, 3.8) is 0 Å². The van der Waals surface area contributed by atoms with Crippen molar-refractivity contribution in [2.24, 2.45) is 10.9 Å². The molecule has 0 atom stereocenters. The molecule has 0 unspecified atom stereocenters. The lowest BCUT2D eigenvalue weighted by Gasteiger charge is -2.22. The number of rotatable bonds is 11. The summed E-state index contributed by atoms with van der Waals surface area (Å²) in [6, 6.07) is 8.21. The monoisotopic (exact) mass is 517 g/mol. The first kappa shape index (κ1) is 24.2. The minimum Gasteiger partial charge on any atom is -0.493 e. The number of nitrogens with one attached hydrogen (secondary N) is 2. The number of hydrogen-bond donors (Lipinski definition) is 2. The summed E-state index contributed by atoms with van der Waals surface area (Å²) in [5.41, 5.74) is 1.13. The predicted octanol–water partition coefficient (Wildman–Crippen LogP) is 3.73. The molecule has 29 heavy (non-hydrogen) atoms. The molecule has 6 nitrogen and oxygen atoms in total. The number of hydrogen-bond acceptors (Lipinski definition) is 4. The molecule has 7 heteroatoms. The van der Waals surface area contributed by atoms with Gasteiger partial charge in [0, 0.05) is 38.5 Å². The van der Waals surface area contributed by atoms with Crippen molar-refractivity contribution in [3.05, 3.63) is 29.8 Å². The van der Waals surface area contributed by atoms with Crippen molar-refractivity contribution in [2.45, 2.75) is 51.7 Å². The summed E-state index contributed by atoms with van der Waals surface area (Å²) in [5, 5.41) is 6.72. The van der Waals surface area contributed by atoms with Crippen molar-refractivity contribution in [2.75, 3.05) is 39.5 Å². The number of guanidine groups is 1. The molecule has 1 aromatic carbocycles. The molecule has 0 spiro atoms. The van der Waals surface area contributed by atoms with Gasteiger partial charge < -0.3 is 24.8 Å². The van der Waals surface area contributed by atoms with Crippen LogP contribution in [0.25, 0.3) is 0 Å². The molecule has 2 fully saturated rings. The van der Waals surface area contributed by atoms with E-state index in [1.54, 1.807) is 0 Å². The number of benzene rings is 1. The zero-order chi connectivity index (χ0) is 19.4. The minimum atomic E-state index is 0. The Morgan fingerprint density at radius 2 is 1.93 bits per heavy atom. The number of nitrogens with zero attached hydrogens (tertiary/aromatic N) is 1. The Morgan fingerprint density at radius 3 is 2.69 bits per heavy atom. The maximum absolute atomic E-state index is 5.99. The van der Waals surface area contributed by atoms with E-state index in [4.69, 9.17) is 19.2 Å². The highest BCUT2D eigenvalue weighted by Crippen LogP contribution is 2.30. The summed E-state index contributed by atoms with van der Waals surface area (Å²) in [4.78, 5) is 4.73. The van der Waals surface area contributed by atoms with Gasteiger partial charge in [-0.15, -0.1) is 24.0 Å². The second-order valence-electron chi connectivity index (χ2n) is 7.52. The standard InChI is InChI=1S/C22H35N3O3.HI/c1-2-23-22(24-12-5-13-27-20-10-14-26-15-11-20)25-16-19-6-3-4-7-21(19)28-17-18-8-9-18;/h3-4,6-7,18,20H,2,5,8-17H2,1H3,(H2,23,24,25);1H. The number of ether oxygens (including phenoxy) is 3. The van der Waals surface area contributed by atoms with E-state index in [0.29, 0.717) is 12.6 Å². The molecule has 1 aliphatic carbocycles. The van der Waals surface area contributed by atoms with Crippen molar-refractivity contribution < 1.29 is 14.2 Å². The van der Waals surface area contributed by atoms with Gasteiger partial charge in [0.1, 0.15) is 5.75 Å². The number of aliphatic imine (C=N–C) groups is 1. The lowest BCUT2D eigenvalue weighted by Crippen LogP contribution is -2.38. The number of para-hydroxylation sites is 1. The van der Waals surface area contributed by atoms with Crippen molar-refractivity contribution >= 4 is 29.9 Å². The van der Waals surface area contributed by atoms with E-state index >= 15 is 0 Å². The lowest BCUT2D eigenvalue weighted by molar-refractivity contribution is -0.0320. The Kier molecular flexibility index (Phi) is 11.7. The highest BCUT2D eigenvalue weighted by atomic mass is 127. The zero-order valence-corrected chi connectivity index (χ0v) is 19.9. The van der Waals surface area contributed by atoms with Gasteiger partial charge >= 0.3 is 0 Å². The van der Waals surface area contributed by atoms with E-state index in [-0.39, 0.29) is 24.0 Å². The maximum Gasteiger partial charge on any atom is 0.191 e. The summed E-state index contributed by atoms with van der Waals surface area (Å²) < 4.78 is 17.3. The van der Waals surface area contributed by atoms with Gasteiger partial charge in [0.25, 0.3) is 0 Å². The van der Waals surface area contributed by atoms with Crippen LogP contribution in [0.15, 0.2) is 29.3 Å². The van der Waals surface area contributed by atoms with Crippen LogP contribution in [0.1, 0.15) is 44.6 Å². The fraction of sp³-hybridized carbons (Fsp3) is 0.682. The van der Waals surface area contributed by atoms with Crippen LogP contribution in [0.2, 0.25) is 0 Å². The molecular weight excluding hydrogens is 481 g/mol. The Bertz CT molecular complexity index is 605. The number of halogens is 1. The maximum atomic E-state index is 5.99. The third-order valence-electron chi connectivity index (χ3n) is 5.03. The zero-order valence-electron chi connectivity index (χ0n) is 17.5. The summed E-state index contributed by atoms with van der Waals surface area (Å²) in [6.45, 7) is 7.62. The normalized spacial score (nSPS) is 17.5. The first-order valence-electron chi connectivity index (χ1n) is 10.8. The van der Waals surface area contributed by atoms with Crippen LogP contribution < -0.4 is 15.4 Å². The quantitative estimate of drug-likeness (QED) is 0.203.